The first kappa shape index (κ1) is 12.2. The third kappa shape index (κ3) is 2.52. The van der Waals surface area contributed by atoms with Crippen molar-refractivity contribution in [2.75, 3.05) is 0 Å². The number of ether oxygens (including phenoxy) is 1. The fourth-order valence-electron chi connectivity index (χ4n) is 2.11. The van der Waals surface area contributed by atoms with E-state index in [4.69, 9.17) is 4.74 Å². The predicted octanol–water partition coefficient (Wildman–Crippen LogP) is 3.89. The fraction of sp³-hybridized carbons (Fsp3) is 0.467. The van der Waals surface area contributed by atoms with Gasteiger partial charge in [0.2, 0.25) is 0 Å². The monoisotopic (exact) mass is 231 g/mol. The topological polar surface area (TPSA) is 14.2 Å². The van der Waals surface area contributed by atoms with Gasteiger partial charge in [-0.1, -0.05) is 12.1 Å². The van der Waals surface area contributed by atoms with Gasteiger partial charge in [0.25, 0.3) is 0 Å². The Morgan fingerprint density at radius 2 is 2.06 bits per heavy atom. The van der Waals surface area contributed by atoms with Crippen LogP contribution in [0.2, 0.25) is 0 Å². The van der Waals surface area contributed by atoms with Gasteiger partial charge in [-0.05, 0) is 39.3 Å². The van der Waals surface area contributed by atoms with Crippen molar-refractivity contribution < 1.29 is 4.74 Å². The smallest absolute Gasteiger partial charge is 0.0741 e. The average Bonchev–Trinajstić information content (AvgIpc) is 2.63. The van der Waals surface area contributed by atoms with Crippen LogP contribution in [-0.2, 0) is 17.9 Å². The summed E-state index contributed by atoms with van der Waals surface area (Å²) in [6.07, 6.45) is 2.49. The molecule has 0 aliphatic heterocycles. The molecule has 2 heteroatoms. The Kier molecular flexibility index (Phi) is 3.53. The molecule has 2 rings (SSSR count). The quantitative estimate of drug-likeness (QED) is 0.778. The highest BCUT2D eigenvalue weighted by Crippen LogP contribution is 2.23. The number of hydrogen-bond donors (Lipinski definition) is 0. The number of benzene rings is 1. The molecular formula is C15H21NO. The third-order valence-electron chi connectivity index (χ3n) is 3.03. The Morgan fingerprint density at radius 3 is 2.71 bits per heavy atom. The first-order chi connectivity index (χ1) is 8.11. The summed E-state index contributed by atoms with van der Waals surface area (Å²) in [6, 6.07) is 6.62. The van der Waals surface area contributed by atoms with Gasteiger partial charge in [0.1, 0.15) is 0 Å². The van der Waals surface area contributed by atoms with Crippen LogP contribution in [0.1, 0.15) is 31.9 Å². The van der Waals surface area contributed by atoms with Crippen molar-refractivity contribution in [1.82, 2.24) is 4.57 Å². The van der Waals surface area contributed by atoms with Gasteiger partial charge in [-0.3, -0.25) is 0 Å². The third-order valence-corrected chi connectivity index (χ3v) is 3.03. The summed E-state index contributed by atoms with van der Waals surface area (Å²) in [4.78, 5) is 0. The lowest BCUT2D eigenvalue weighted by Gasteiger charge is -2.06. The summed E-state index contributed by atoms with van der Waals surface area (Å²) < 4.78 is 8.00. The Bertz CT molecular complexity index is 511. The van der Waals surface area contributed by atoms with Crippen LogP contribution >= 0.6 is 0 Å². The maximum Gasteiger partial charge on any atom is 0.0741 e. The molecule has 92 valence electrons. The predicted molar refractivity (Wildman–Crippen MR) is 72.3 cm³/mol. The van der Waals surface area contributed by atoms with Crippen LogP contribution in [0.5, 0.6) is 0 Å². The highest BCUT2D eigenvalue weighted by atomic mass is 16.5. The van der Waals surface area contributed by atoms with Crippen molar-refractivity contribution in [3.63, 3.8) is 0 Å². The first-order valence-corrected chi connectivity index (χ1v) is 6.31. The minimum absolute atomic E-state index is 0.278. The minimum atomic E-state index is 0.278. The molecule has 0 atom stereocenters. The molecule has 1 heterocycles. The van der Waals surface area contributed by atoms with Gasteiger partial charge in [0, 0.05) is 29.2 Å². The second-order valence-electron chi connectivity index (χ2n) is 4.82. The number of hydrogen-bond acceptors (Lipinski definition) is 1. The number of aryl methyl sites for hydroxylation is 2. The van der Waals surface area contributed by atoms with Crippen LogP contribution in [-0.4, -0.2) is 10.7 Å². The number of fused-ring (bicyclic) bond motifs is 1. The van der Waals surface area contributed by atoms with E-state index in [0.29, 0.717) is 6.61 Å². The van der Waals surface area contributed by atoms with Gasteiger partial charge in [-0.25, -0.2) is 0 Å². The first-order valence-electron chi connectivity index (χ1n) is 6.31. The Balaban J connectivity index is 2.42. The zero-order valence-electron chi connectivity index (χ0n) is 11.2. The van der Waals surface area contributed by atoms with Crippen LogP contribution in [0.3, 0.4) is 0 Å². The molecule has 0 saturated carbocycles. The van der Waals surface area contributed by atoms with Crippen LogP contribution in [0.25, 0.3) is 10.9 Å². The average molecular weight is 231 g/mol. The van der Waals surface area contributed by atoms with Gasteiger partial charge < -0.3 is 9.30 Å². The normalized spacial score (nSPS) is 11.6. The molecule has 1 aromatic carbocycles. The minimum Gasteiger partial charge on any atom is -0.374 e. The standard InChI is InChI=1S/C15H21NO/c1-5-16-9-13(10-17-11(2)3)14-7-6-12(4)8-15(14)16/h6-9,11H,5,10H2,1-4H3. The lowest BCUT2D eigenvalue weighted by Crippen LogP contribution is -2.01. The molecule has 0 spiro atoms. The van der Waals surface area contributed by atoms with Crippen LogP contribution in [0, 0.1) is 6.92 Å². The number of aromatic nitrogens is 1. The van der Waals surface area contributed by atoms with E-state index in [0.717, 1.165) is 6.54 Å². The Labute approximate surface area is 103 Å². The molecule has 0 fully saturated rings. The molecule has 0 saturated heterocycles. The fourth-order valence-corrected chi connectivity index (χ4v) is 2.11. The molecule has 0 bridgehead atoms. The van der Waals surface area contributed by atoms with E-state index in [1.807, 2.05) is 0 Å². The summed E-state index contributed by atoms with van der Waals surface area (Å²) in [5, 5.41) is 1.32. The Hall–Kier alpha value is -1.28. The summed E-state index contributed by atoms with van der Waals surface area (Å²) >= 11 is 0. The van der Waals surface area contributed by atoms with Gasteiger partial charge in [0.05, 0.1) is 12.7 Å². The van der Waals surface area contributed by atoms with Crippen LogP contribution < -0.4 is 0 Å². The summed E-state index contributed by atoms with van der Waals surface area (Å²) in [7, 11) is 0. The second-order valence-corrected chi connectivity index (χ2v) is 4.82. The maximum absolute atomic E-state index is 5.71. The van der Waals surface area contributed by atoms with Gasteiger partial charge in [-0.2, -0.15) is 0 Å². The van der Waals surface area contributed by atoms with Crippen molar-refractivity contribution in [1.29, 1.82) is 0 Å². The molecule has 0 aliphatic carbocycles. The SMILES string of the molecule is CCn1cc(COC(C)C)c2ccc(C)cc21. The molecule has 0 unspecified atom stereocenters. The molecule has 1 aromatic heterocycles. The molecule has 2 nitrogen and oxygen atoms in total. The van der Waals surface area contributed by atoms with E-state index in [-0.39, 0.29) is 6.10 Å². The molecule has 2 aromatic rings. The van der Waals surface area contributed by atoms with E-state index in [1.165, 1.54) is 22.0 Å². The summed E-state index contributed by atoms with van der Waals surface area (Å²) in [6.45, 7) is 10.2. The van der Waals surface area contributed by atoms with E-state index in [9.17, 15) is 0 Å². The molecule has 17 heavy (non-hydrogen) atoms. The van der Waals surface area contributed by atoms with Gasteiger partial charge in [-0.15, -0.1) is 0 Å². The van der Waals surface area contributed by atoms with Crippen LogP contribution in [0.15, 0.2) is 24.4 Å². The lowest BCUT2D eigenvalue weighted by molar-refractivity contribution is 0.0663. The van der Waals surface area contributed by atoms with Crippen LogP contribution in [0.4, 0.5) is 0 Å². The van der Waals surface area contributed by atoms with Crippen molar-refractivity contribution in [3.05, 3.63) is 35.5 Å². The van der Waals surface area contributed by atoms with E-state index in [2.05, 4.69) is 56.7 Å². The highest BCUT2D eigenvalue weighted by molar-refractivity contribution is 5.84. The summed E-state index contributed by atoms with van der Waals surface area (Å²) in [5.74, 6) is 0. The second kappa shape index (κ2) is 4.92. The zero-order valence-corrected chi connectivity index (χ0v) is 11.2. The van der Waals surface area contributed by atoms with Crippen molar-refractivity contribution in [2.45, 2.75) is 47.0 Å². The van der Waals surface area contributed by atoms with E-state index in [1.54, 1.807) is 0 Å². The number of rotatable bonds is 4. The van der Waals surface area contributed by atoms with Gasteiger partial charge in [0.15, 0.2) is 0 Å². The highest BCUT2D eigenvalue weighted by Gasteiger charge is 2.08. The number of nitrogens with zero attached hydrogens (tertiary/aromatic N) is 1. The lowest BCUT2D eigenvalue weighted by atomic mass is 10.1. The molecule has 0 radical (unpaired) electrons. The van der Waals surface area contributed by atoms with Crippen molar-refractivity contribution >= 4 is 10.9 Å². The molecule has 0 amide bonds. The van der Waals surface area contributed by atoms with E-state index >= 15 is 0 Å². The van der Waals surface area contributed by atoms with Gasteiger partial charge >= 0.3 is 0 Å². The molecule has 0 N–H and O–H groups in total. The molecular weight excluding hydrogens is 210 g/mol. The van der Waals surface area contributed by atoms with Crippen molar-refractivity contribution in [2.24, 2.45) is 0 Å². The maximum atomic E-state index is 5.71. The summed E-state index contributed by atoms with van der Waals surface area (Å²) in [5.41, 5.74) is 3.91. The zero-order chi connectivity index (χ0) is 12.4. The largest absolute Gasteiger partial charge is 0.374 e. The Morgan fingerprint density at radius 1 is 1.29 bits per heavy atom. The van der Waals surface area contributed by atoms with E-state index < -0.39 is 0 Å². The molecule has 0 aliphatic rings. The van der Waals surface area contributed by atoms with Crippen molar-refractivity contribution in [3.8, 4) is 0 Å².